The highest BCUT2D eigenvalue weighted by atomic mass is 16.3. The van der Waals surface area contributed by atoms with Gasteiger partial charge in [0.15, 0.2) is 6.29 Å². The summed E-state index contributed by atoms with van der Waals surface area (Å²) in [6, 6.07) is 7.41. The summed E-state index contributed by atoms with van der Waals surface area (Å²) in [4.78, 5) is 16.9. The molecule has 0 spiro atoms. The van der Waals surface area contributed by atoms with Gasteiger partial charge in [-0.2, -0.15) is 0 Å². The molecule has 2 aromatic rings. The first-order valence-corrected chi connectivity index (χ1v) is 5.52. The van der Waals surface area contributed by atoms with Crippen LogP contribution in [0.4, 0.5) is 5.82 Å². The SMILES string of the molecule is CCN(Cc1ccco1)c1ccc(C=O)cn1. The molecule has 0 aliphatic rings. The van der Waals surface area contributed by atoms with Crippen LogP contribution < -0.4 is 4.90 Å². The van der Waals surface area contributed by atoms with Gasteiger partial charge in [-0.3, -0.25) is 4.79 Å². The fourth-order valence-corrected chi connectivity index (χ4v) is 1.60. The van der Waals surface area contributed by atoms with E-state index in [1.807, 2.05) is 18.2 Å². The molecule has 0 N–H and O–H groups in total. The maximum absolute atomic E-state index is 10.5. The highest BCUT2D eigenvalue weighted by Gasteiger charge is 2.08. The van der Waals surface area contributed by atoms with E-state index in [4.69, 9.17) is 4.42 Å². The molecule has 4 heteroatoms. The highest BCUT2D eigenvalue weighted by molar-refractivity contribution is 5.74. The largest absolute Gasteiger partial charge is 0.467 e. The molecule has 0 aliphatic heterocycles. The molecular weight excluding hydrogens is 216 g/mol. The van der Waals surface area contributed by atoms with E-state index in [-0.39, 0.29) is 0 Å². The number of carbonyl (C=O) groups is 1. The summed E-state index contributed by atoms with van der Waals surface area (Å²) in [5, 5.41) is 0. The van der Waals surface area contributed by atoms with Crippen LogP contribution in [-0.4, -0.2) is 17.8 Å². The number of rotatable bonds is 5. The predicted molar refractivity (Wildman–Crippen MR) is 65.1 cm³/mol. The first kappa shape index (κ1) is 11.4. The molecule has 0 atom stereocenters. The van der Waals surface area contributed by atoms with Gasteiger partial charge in [-0.25, -0.2) is 4.98 Å². The van der Waals surface area contributed by atoms with Crippen molar-refractivity contribution in [3.05, 3.63) is 48.0 Å². The van der Waals surface area contributed by atoms with Crippen molar-refractivity contribution in [1.29, 1.82) is 0 Å². The lowest BCUT2D eigenvalue weighted by molar-refractivity contribution is 0.112. The minimum Gasteiger partial charge on any atom is -0.467 e. The first-order valence-electron chi connectivity index (χ1n) is 5.52. The third-order valence-electron chi connectivity index (χ3n) is 2.54. The number of hydrogen-bond acceptors (Lipinski definition) is 4. The Morgan fingerprint density at radius 3 is 2.82 bits per heavy atom. The number of pyridine rings is 1. The van der Waals surface area contributed by atoms with Crippen molar-refractivity contribution < 1.29 is 9.21 Å². The van der Waals surface area contributed by atoms with Crippen molar-refractivity contribution in [1.82, 2.24) is 4.98 Å². The van der Waals surface area contributed by atoms with E-state index in [1.54, 1.807) is 18.5 Å². The fourth-order valence-electron chi connectivity index (χ4n) is 1.60. The van der Waals surface area contributed by atoms with E-state index in [1.165, 1.54) is 0 Å². The van der Waals surface area contributed by atoms with Gasteiger partial charge in [-0.1, -0.05) is 0 Å². The Bertz CT molecular complexity index is 463. The van der Waals surface area contributed by atoms with Crippen molar-refractivity contribution in [2.75, 3.05) is 11.4 Å². The van der Waals surface area contributed by atoms with Crippen molar-refractivity contribution in [3.63, 3.8) is 0 Å². The smallest absolute Gasteiger partial charge is 0.151 e. The Morgan fingerprint density at radius 2 is 2.29 bits per heavy atom. The van der Waals surface area contributed by atoms with Gasteiger partial charge in [0.25, 0.3) is 0 Å². The van der Waals surface area contributed by atoms with Crippen molar-refractivity contribution in [2.45, 2.75) is 13.5 Å². The molecule has 0 unspecified atom stereocenters. The number of hydrogen-bond donors (Lipinski definition) is 0. The zero-order valence-electron chi connectivity index (χ0n) is 9.67. The lowest BCUT2D eigenvalue weighted by Gasteiger charge is -2.20. The molecule has 0 aliphatic carbocycles. The standard InChI is InChI=1S/C13H14N2O2/c1-2-15(9-12-4-3-7-17-12)13-6-5-11(10-16)8-14-13/h3-8,10H,2,9H2,1H3. The molecule has 0 radical (unpaired) electrons. The molecule has 17 heavy (non-hydrogen) atoms. The molecule has 2 rings (SSSR count). The van der Waals surface area contributed by atoms with Gasteiger partial charge in [0.2, 0.25) is 0 Å². The Labute approximate surface area is 99.9 Å². The van der Waals surface area contributed by atoms with Crippen molar-refractivity contribution in [3.8, 4) is 0 Å². The number of nitrogens with zero attached hydrogens (tertiary/aromatic N) is 2. The maximum atomic E-state index is 10.5. The molecule has 2 aromatic heterocycles. The third-order valence-corrected chi connectivity index (χ3v) is 2.54. The van der Waals surface area contributed by atoms with E-state index in [9.17, 15) is 4.79 Å². The molecule has 0 bridgehead atoms. The number of anilines is 1. The number of carbonyl (C=O) groups excluding carboxylic acids is 1. The van der Waals surface area contributed by atoms with Gasteiger partial charge in [0, 0.05) is 18.3 Å². The number of furan rings is 1. The second kappa shape index (κ2) is 5.30. The maximum Gasteiger partial charge on any atom is 0.151 e. The van der Waals surface area contributed by atoms with Crippen molar-refractivity contribution in [2.24, 2.45) is 0 Å². The third kappa shape index (κ3) is 2.72. The van der Waals surface area contributed by atoms with Gasteiger partial charge < -0.3 is 9.32 Å². The average molecular weight is 230 g/mol. The van der Waals surface area contributed by atoms with Crippen LogP contribution in [0.3, 0.4) is 0 Å². The Morgan fingerprint density at radius 1 is 1.41 bits per heavy atom. The lowest BCUT2D eigenvalue weighted by Crippen LogP contribution is -2.22. The zero-order valence-corrected chi connectivity index (χ0v) is 9.67. The highest BCUT2D eigenvalue weighted by Crippen LogP contribution is 2.14. The Kier molecular flexibility index (Phi) is 3.55. The molecule has 0 saturated heterocycles. The number of aldehydes is 1. The quantitative estimate of drug-likeness (QED) is 0.740. The van der Waals surface area contributed by atoms with E-state index in [2.05, 4.69) is 16.8 Å². The van der Waals surface area contributed by atoms with Gasteiger partial charge >= 0.3 is 0 Å². The summed E-state index contributed by atoms with van der Waals surface area (Å²) >= 11 is 0. The van der Waals surface area contributed by atoms with E-state index >= 15 is 0 Å². The monoisotopic (exact) mass is 230 g/mol. The minimum atomic E-state index is 0.586. The van der Waals surface area contributed by atoms with Crippen LogP contribution in [0.15, 0.2) is 41.1 Å². The Hall–Kier alpha value is -2.10. The van der Waals surface area contributed by atoms with Crippen molar-refractivity contribution >= 4 is 12.1 Å². The first-order chi connectivity index (χ1) is 8.33. The average Bonchev–Trinajstić information content (AvgIpc) is 2.89. The second-order valence-electron chi connectivity index (χ2n) is 3.66. The summed E-state index contributed by atoms with van der Waals surface area (Å²) in [6.07, 6.45) is 4.03. The van der Waals surface area contributed by atoms with E-state index in [0.717, 1.165) is 24.4 Å². The summed E-state index contributed by atoms with van der Waals surface area (Å²) < 4.78 is 5.31. The zero-order chi connectivity index (χ0) is 12.1. The molecule has 0 saturated carbocycles. The van der Waals surface area contributed by atoms with Crippen LogP contribution in [0.25, 0.3) is 0 Å². The Balaban J connectivity index is 2.14. The van der Waals surface area contributed by atoms with Crippen LogP contribution in [0.5, 0.6) is 0 Å². The van der Waals surface area contributed by atoms with E-state index in [0.29, 0.717) is 12.1 Å². The summed E-state index contributed by atoms with van der Waals surface area (Å²) in [5.74, 6) is 1.74. The van der Waals surface area contributed by atoms with Crippen LogP contribution in [0.1, 0.15) is 23.0 Å². The van der Waals surface area contributed by atoms with Gasteiger partial charge in [-0.15, -0.1) is 0 Å². The molecule has 4 nitrogen and oxygen atoms in total. The van der Waals surface area contributed by atoms with Gasteiger partial charge in [0.1, 0.15) is 11.6 Å². The molecule has 0 amide bonds. The normalized spacial score (nSPS) is 10.2. The molecular formula is C13H14N2O2. The van der Waals surface area contributed by atoms with Gasteiger partial charge in [0.05, 0.1) is 12.8 Å². The molecule has 88 valence electrons. The summed E-state index contributed by atoms with van der Waals surface area (Å²) in [6.45, 7) is 3.56. The minimum absolute atomic E-state index is 0.586. The number of aromatic nitrogens is 1. The fraction of sp³-hybridized carbons (Fsp3) is 0.231. The van der Waals surface area contributed by atoms with E-state index < -0.39 is 0 Å². The van der Waals surface area contributed by atoms with Crippen LogP contribution in [0, 0.1) is 0 Å². The molecule has 0 aromatic carbocycles. The molecule has 2 heterocycles. The lowest BCUT2D eigenvalue weighted by atomic mass is 10.3. The van der Waals surface area contributed by atoms with Gasteiger partial charge in [-0.05, 0) is 31.2 Å². The summed E-state index contributed by atoms with van der Waals surface area (Å²) in [7, 11) is 0. The molecule has 0 fully saturated rings. The summed E-state index contributed by atoms with van der Waals surface area (Å²) in [5.41, 5.74) is 0.586. The second-order valence-corrected chi connectivity index (χ2v) is 3.66. The van der Waals surface area contributed by atoms with Crippen LogP contribution >= 0.6 is 0 Å². The topological polar surface area (TPSA) is 46.3 Å². The predicted octanol–water partition coefficient (Wildman–Crippen LogP) is 2.51. The van der Waals surface area contributed by atoms with Crippen LogP contribution in [-0.2, 0) is 6.54 Å². The van der Waals surface area contributed by atoms with Crippen LogP contribution in [0.2, 0.25) is 0 Å².